The maximum atomic E-state index is 5.72. The van der Waals surface area contributed by atoms with E-state index in [1.807, 2.05) is 38.4 Å². The van der Waals surface area contributed by atoms with Crippen LogP contribution < -0.4 is 14.2 Å². The van der Waals surface area contributed by atoms with Crippen LogP contribution in [0.1, 0.15) is 23.4 Å². The molecule has 1 aliphatic rings. The lowest BCUT2D eigenvalue weighted by molar-refractivity contribution is 0.171. The van der Waals surface area contributed by atoms with Gasteiger partial charge in [0.25, 0.3) is 0 Å². The fourth-order valence-electron chi connectivity index (χ4n) is 3.43. The second-order valence-electron chi connectivity index (χ2n) is 6.55. The summed E-state index contributed by atoms with van der Waals surface area (Å²) in [6.07, 6.45) is 5.66. The van der Waals surface area contributed by atoms with Crippen molar-refractivity contribution < 1.29 is 18.7 Å². The van der Waals surface area contributed by atoms with E-state index in [4.69, 9.17) is 18.7 Å². The Balaban J connectivity index is 1.56. The van der Waals surface area contributed by atoms with Crippen molar-refractivity contribution in [3.8, 4) is 28.6 Å². The predicted octanol–water partition coefficient (Wildman–Crippen LogP) is 3.57. The highest BCUT2D eigenvalue weighted by atomic mass is 16.6. The van der Waals surface area contributed by atoms with Crippen LogP contribution in [0.4, 0.5) is 0 Å². The number of ether oxygens (including phenoxy) is 3. The second-order valence-corrected chi connectivity index (χ2v) is 6.55. The molecule has 0 atom stereocenters. The van der Waals surface area contributed by atoms with Crippen molar-refractivity contribution in [1.82, 2.24) is 14.7 Å². The first kappa shape index (κ1) is 17.5. The van der Waals surface area contributed by atoms with Crippen LogP contribution in [0, 0.1) is 13.8 Å². The Kier molecular flexibility index (Phi) is 4.75. The molecule has 7 nitrogen and oxygen atoms in total. The van der Waals surface area contributed by atoms with Gasteiger partial charge in [-0.05, 0) is 32.8 Å². The number of imidazole rings is 1. The SMILES string of the molecule is COc1cc2c(cc1-c1nccn1CCCc1c(C)noc1C)OCCO2. The lowest BCUT2D eigenvalue weighted by Gasteiger charge is -2.21. The Labute approximate surface area is 157 Å². The van der Waals surface area contributed by atoms with Crippen LogP contribution in [0.5, 0.6) is 17.2 Å². The van der Waals surface area contributed by atoms with Gasteiger partial charge in [-0.1, -0.05) is 5.16 Å². The summed E-state index contributed by atoms with van der Waals surface area (Å²) >= 11 is 0. The molecule has 1 aromatic carbocycles. The van der Waals surface area contributed by atoms with Gasteiger partial charge >= 0.3 is 0 Å². The van der Waals surface area contributed by atoms with Crippen LogP contribution in [-0.4, -0.2) is 35.0 Å². The zero-order chi connectivity index (χ0) is 18.8. The molecule has 0 radical (unpaired) electrons. The molecule has 0 aliphatic carbocycles. The Morgan fingerprint density at radius 2 is 1.93 bits per heavy atom. The van der Waals surface area contributed by atoms with E-state index in [9.17, 15) is 0 Å². The number of aryl methyl sites for hydroxylation is 3. The van der Waals surface area contributed by atoms with Gasteiger partial charge < -0.3 is 23.3 Å². The highest BCUT2D eigenvalue weighted by Gasteiger charge is 2.20. The van der Waals surface area contributed by atoms with Gasteiger partial charge in [0.05, 0.1) is 18.4 Å². The van der Waals surface area contributed by atoms with Gasteiger partial charge in [0.1, 0.15) is 30.5 Å². The Morgan fingerprint density at radius 3 is 2.63 bits per heavy atom. The minimum Gasteiger partial charge on any atom is -0.496 e. The van der Waals surface area contributed by atoms with Gasteiger partial charge in [-0.3, -0.25) is 0 Å². The molecule has 0 bridgehead atoms. The number of hydrogen-bond acceptors (Lipinski definition) is 6. The summed E-state index contributed by atoms with van der Waals surface area (Å²) in [5.74, 6) is 3.90. The third-order valence-electron chi connectivity index (χ3n) is 4.83. The van der Waals surface area contributed by atoms with E-state index < -0.39 is 0 Å². The average Bonchev–Trinajstić information content (AvgIpc) is 3.28. The van der Waals surface area contributed by atoms with E-state index in [-0.39, 0.29) is 0 Å². The molecular formula is C20H23N3O4. The first-order valence-electron chi connectivity index (χ1n) is 9.08. The van der Waals surface area contributed by atoms with Crippen molar-refractivity contribution in [1.29, 1.82) is 0 Å². The van der Waals surface area contributed by atoms with Crippen molar-refractivity contribution in [2.24, 2.45) is 0 Å². The Bertz CT molecular complexity index is 925. The number of benzene rings is 1. The highest BCUT2D eigenvalue weighted by Crippen LogP contribution is 2.41. The van der Waals surface area contributed by atoms with Crippen molar-refractivity contribution in [2.75, 3.05) is 20.3 Å². The standard InChI is InChI=1S/C20H23N3O4/c1-13-15(14(2)27-22-13)5-4-7-23-8-6-21-20(23)16-11-18-19(12-17(16)24-3)26-10-9-25-18/h6,8,11-12H,4-5,7,9-10H2,1-3H3. The van der Waals surface area contributed by atoms with Crippen LogP contribution in [0.2, 0.25) is 0 Å². The summed E-state index contributed by atoms with van der Waals surface area (Å²) in [5.41, 5.74) is 3.05. The largest absolute Gasteiger partial charge is 0.496 e. The van der Waals surface area contributed by atoms with Gasteiger partial charge in [0.2, 0.25) is 0 Å². The second kappa shape index (κ2) is 7.34. The van der Waals surface area contributed by atoms with Gasteiger partial charge in [0.15, 0.2) is 11.5 Å². The van der Waals surface area contributed by atoms with Crippen LogP contribution in [0.25, 0.3) is 11.4 Å². The van der Waals surface area contributed by atoms with E-state index in [0.29, 0.717) is 19.0 Å². The molecular weight excluding hydrogens is 346 g/mol. The molecule has 0 fully saturated rings. The lowest BCUT2D eigenvalue weighted by atomic mass is 10.1. The van der Waals surface area contributed by atoms with E-state index in [2.05, 4.69) is 14.7 Å². The van der Waals surface area contributed by atoms with E-state index >= 15 is 0 Å². The van der Waals surface area contributed by atoms with E-state index in [1.165, 1.54) is 5.56 Å². The summed E-state index contributed by atoms with van der Waals surface area (Å²) < 4.78 is 24.3. The molecule has 2 aromatic heterocycles. The van der Waals surface area contributed by atoms with Gasteiger partial charge in [-0.15, -0.1) is 0 Å². The maximum Gasteiger partial charge on any atom is 0.165 e. The molecule has 0 saturated heterocycles. The number of aromatic nitrogens is 3. The topological polar surface area (TPSA) is 71.5 Å². The van der Waals surface area contributed by atoms with Crippen molar-refractivity contribution in [3.05, 3.63) is 41.5 Å². The summed E-state index contributed by atoms with van der Waals surface area (Å²) in [4.78, 5) is 4.55. The molecule has 4 rings (SSSR count). The molecule has 3 heterocycles. The van der Waals surface area contributed by atoms with Crippen molar-refractivity contribution in [2.45, 2.75) is 33.2 Å². The monoisotopic (exact) mass is 369 g/mol. The lowest BCUT2D eigenvalue weighted by Crippen LogP contribution is -2.15. The Morgan fingerprint density at radius 1 is 1.15 bits per heavy atom. The molecule has 0 saturated carbocycles. The summed E-state index contributed by atoms with van der Waals surface area (Å²) in [6, 6.07) is 3.81. The van der Waals surface area contributed by atoms with Crippen LogP contribution in [0.15, 0.2) is 29.0 Å². The first-order valence-corrected chi connectivity index (χ1v) is 9.08. The number of rotatable bonds is 6. The third kappa shape index (κ3) is 3.37. The number of nitrogens with zero attached hydrogens (tertiary/aromatic N) is 3. The summed E-state index contributed by atoms with van der Waals surface area (Å²) in [6.45, 7) is 5.86. The first-order chi connectivity index (χ1) is 13.2. The molecule has 0 amide bonds. The fraction of sp³-hybridized carbons (Fsp3) is 0.400. The number of hydrogen-bond donors (Lipinski definition) is 0. The minimum atomic E-state index is 0.546. The molecule has 142 valence electrons. The van der Waals surface area contributed by atoms with E-state index in [0.717, 1.165) is 53.7 Å². The minimum absolute atomic E-state index is 0.546. The maximum absolute atomic E-state index is 5.72. The number of methoxy groups -OCH3 is 1. The summed E-state index contributed by atoms with van der Waals surface area (Å²) in [5, 5.41) is 4.02. The zero-order valence-corrected chi connectivity index (χ0v) is 15.8. The van der Waals surface area contributed by atoms with Crippen LogP contribution >= 0.6 is 0 Å². The normalized spacial score (nSPS) is 13.0. The molecule has 1 aliphatic heterocycles. The fourth-order valence-corrected chi connectivity index (χ4v) is 3.43. The average molecular weight is 369 g/mol. The quantitative estimate of drug-likeness (QED) is 0.661. The molecule has 7 heteroatoms. The molecule has 27 heavy (non-hydrogen) atoms. The Hall–Kier alpha value is -2.96. The predicted molar refractivity (Wildman–Crippen MR) is 99.5 cm³/mol. The van der Waals surface area contributed by atoms with Crippen molar-refractivity contribution in [3.63, 3.8) is 0 Å². The van der Waals surface area contributed by atoms with Crippen LogP contribution in [0.3, 0.4) is 0 Å². The zero-order valence-electron chi connectivity index (χ0n) is 15.8. The van der Waals surface area contributed by atoms with Crippen LogP contribution in [-0.2, 0) is 13.0 Å². The highest BCUT2D eigenvalue weighted by molar-refractivity contribution is 5.70. The van der Waals surface area contributed by atoms with Gasteiger partial charge in [0, 0.05) is 30.6 Å². The number of fused-ring (bicyclic) bond motifs is 1. The third-order valence-corrected chi connectivity index (χ3v) is 4.83. The molecule has 3 aromatic rings. The molecule has 0 N–H and O–H groups in total. The van der Waals surface area contributed by atoms with Gasteiger partial charge in [-0.25, -0.2) is 4.98 Å². The summed E-state index contributed by atoms with van der Waals surface area (Å²) in [7, 11) is 1.65. The van der Waals surface area contributed by atoms with Gasteiger partial charge in [-0.2, -0.15) is 0 Å². The van der Waals surface area contributed by atoms with Crippen molar-refractivity contribution >= 4 is 0 Å². The molecule has 0 unspecified atom stereocenters. The molecule has 0 spiro atoms. The smallest absolute Gasteiger partial charge is 0.165 e. The van der Waals surface area contributed by atoms with E-state index in [1.54, 1.807) is 7.11 Å².